The van der Waals surface area contributed by atoms with Gasteiger partial charge in [-0.15, -0.1) is 0 Å². The van der Waals surface area contributed by atoms with Crippen LogP contribution in [0.2, 0.25) is 0 Å². The van der Waals surface area contributed by atoms with Crippen molar-refractivity contribution < 1.29 is 9.84 Å². The maximum absolute atomic E-state index is 9.75. The number of phenolic OH excluding ortho intramolecular Hbond substituents is 1. The predicted octanol–water partition coefficient (Wildman–Crippen LogP) is 1.92. The lowest BCUT2D eigenvalue weighted by Gasteiger charge is -2.22. The molecule has 0 aliphatic heterocycles. The summed E-state index contributed by atoms with van der Waals surface area (Å²) in [5.41, 5.74) is 11.8. The van der Waals surface area contributed by atoms with Gasteiger partial charge in [-0.05, 0) is 51.9 Å². The standard InChI is InChI=1S/C13H22N2O2/c1-13(2,3)17-9-4-5-12(16)10(8-9)11(15)6-7-14/h4-5,8,11,16H,6-7,14-15H2,1-3H3/t11-/m0/s1. The van der Waals surface area contributed by atoms with Gasteiger partial charge in [-0.2, -0.15) is 0 Å². The summed E-state index contributed by atoms with van der Waals surface area (Å²) in [6.07, 6.45) is 0.631. The molecule has 0 spiro atoms. The van der Waals surface area contributed by atoms with Crippen molar-refractivity contribution in [2.45, 2.75) is 38.8 Å². The molecule has 0 saturated carbocycles. The largest absolute Gasteiger partial charge is 0.508 e. The van der Waals surface area contributed by atoms with Crippen molar-refractivity contribution >= 4 is 0 Å². The maximum atomic E-state index is 9.75. The van der Waals surface area contributed by atoms with Gasteiger partial charge in [0.2, 0.25) is 0 Å². The summed E-state index contributed by atoms with van der Waals surface area (Å²) in [6.45, 7) is 6.41. The highest BCUT2D eigenvalue weighted by Crippen LogP contribution is 2.30. The topological polar surface area (TPSA) is 81.5 Å². The minimum atomic E-state index is -0.272. The molecular formula is C13H22N2O2. The Balaban J connectivity index is 2.94. The Morgan fingerprint density at radius 2 is 2.00 bits per heavy atom. The van der Waals surface area contributed by atoms with E-state index in [0.717, 1.165) is 0 Å². The van der Waals surface area contributed by atoms with Crippen LogP contribution < -0.4 is 16.2 Å². The first-order valence-electron chi connectivity index (χ1n) is 5.81. The van der Waals surface area contributed by atoms with Gasteiger partial charge in [0, 0.05) is 11.6 Å². The van der Waals surface area contributed by atoms with Crippen molar-refractivity contribution in [3.63, 3.8) is 0 Å². The molecule has 0 aliphatic rings. The second-order valence-corrected chi connectivity index (χ2v) is 5.12. The Kier molecular flexibility index (Phi) is 4.37. The van der Waals surface area contributed by atoms with Crippen LogP contribution in [0.3, 0.4) is 0 Å². The summed E-state index contributed by atoms with van der Waals surface area (Å²) in [5, 5.41) is 9.75. The zero-order chi connectivity index (χ0) is 13.1. The molecule has 4 nitrogen and oxygen atoms in total. The van der Waals surface area contributed by atoms with E-state index in [0.29, 0.717) is 24.3 Å². The first-order chi connectivity index (χ1) is 7.83. The third-order valence-electron chi connectivity index (χ3n) is 2.30. The quantitative estimate of drug-likeness (QED) is 0.748. The lowest BCUT2D eigenvalue weighted by molar-refractivity contribution is 0.130. The van der Waals surface area contributed by atoms with E-state index >= 15 is 0 Å². The number of phenols is 1. The molecule has 0 aliphatic carbocycles. The number of rotatable bonds is 4. The van der Waals surface area contributed by atoms with E-state index in [-0.39, 0.29) is 17.4 Å². The molecule has 0 fully saturated rings. The number of ether oxygens (including phenoxy) is 1. The monoisotopic (exact) mass is 238 g/mol. The molecule has 0 heterocycles. The number of benzene rings is 1. The van der Waals surface area contributed by atoms with Crippen LogP contribution in [0, 0.1) is 0 Å². The second-order valence-electron chi connectivity index (χ2n) is 5.12. The van der Waals surface area contributed by atoms with Gasteiger partial charge in [0.25, 0.3) is 0 Å². The molecule has 1 aromatic carbocycles. The normalized spacial score (nSPS) is 13.5. The molecule has 17 heavy (non-hydrogen) atoms. The molecule has 5 N–H and O–H groups in total. The van der Waals surface area contributed by atoms with Crippen molar-refractivity contribution in [2.24, 2.45) is 11.5 Å². The van der Waals surface area contributed by atoms with E-state index in [2.05, 4.69) is 0 Å². The second kappa shape index (κ2) is 5.38. The molecule has 0 saturated heterocycles. The molecule has 1 atom stereocenters. The molecule has 1 aromatic rings. The highest BCUT2D eigenvalue weighted by atomic mass is 16.5. The van der Waals surface area contributed by atoms with Crippen molar-refractivity contribution in [3.8, 4) is 11.5 Å². The minimum absolute atomic E-state index is 0.187. The van der Waals surface area contributed by atoms with Crippen LogP contribution in [-0.4, -0.2) is 17.3 Å². The van der Waals surface area contributed by atoms with Crippen LogP contribution in [0.1, 0.15) is 38.8 Å². The number of hydrogen-bond acceptors (Lipinski definition) is 4. The fourth-order valence-corrected chi connectivity index (χ4v) is 1.58. The van der Waals surface area contributed by atoms with Gasteiger partial charge < -0.3 is 21.3 Å². The van der Waals surface area contributed by atoms with Crippen molar-refractivity contribution in [2.75, 3.05) is 6.54 Å². The molecule has 0 aromatic heterocycles. The summed E-state index contributed by atoms with van der Waals surface area (Å²) in [6, 6.07) is 4.86. The first kappa shape index (κ1) is 13.8. The molecule has 0 bridgehead atoms. The van der Waals surface area contributed by atoms with E-state index < -0.39 is 0 Å². The van der Waals surface area contributed by atoms with Crippen LogP contribution in [0.5, 0.6) is 11.5 Å². The lowest BCUT2D eigenvalue weighted by Crippen LogP contribution is -2.23. The van der Waals surface area contributed by atoms with E-state index in [1.807, 2.05) is 20.8 Å². The average Bonchev–Trinajstić information content (AvgIpc) is 2.19. The number of aromatic hydroxyl groups is 1. The van der Waals surface area contributed by atoms with Crippen LogP contribution in [0.25, 0.3) is 0 Å². The Morgan fingerprint density at radius 1 is 1.35 bits per heavy atom. The summed E-state index contributed by atoms with van der Waals surface area (Å²) in [4.78, 5) is 0. The zero-order valence-corrected chi connectivity index (χ0v) is 10.7. The van der Waals surface area contributed by atoms with Gasteiger partial charge in [0.1, 0.15) is 17.1 Å². The Morgan fingerprint density at radius 3 is 2.53 bits per heavy atom. The summed E-state index contributed by atoms with van der Waals surface area (Å²) >= 11 is 0. The smallest absolute Gasteiger partial charge is 0.120 e. The van der Waals surface area contributed by atoms with Gasteiger partial charge in [-0.25, -0.2) is 0 Å². The van der Waals surface area contributed by atoms with E-state index in [1.54, 1.807) is 18.2 Å². The van der Waals surface area contributed by atoms with Gasteiger partial charge in [0.15, 0.2) is 0 Å². The van der Waals surface area contributed by atoms with Crippen LogP contribution >= 0.6 is 0 Å². The SMILES string of the molecule is CC(C)(C)Oc1ccc(O)c([C@@H](N)CCN)c1. The van der Waals surface area contributed by atoms with Gasteiger partial charge in [-0.3, -0.25) is 0 Å². The fraction of sp³-hybridized carbons (Fsp3) is 0.538. The molecule has 0 unspecified atom stereocenters. The molecule has 4 heteroatoms. The highest BCUT2D eigenvalue weighted by Gasteiger charge is 2.15. The first-order valence-corrected chi connectivity index (χ1v) is 5.81. The van der Waals surface area contributed by atoms with Crippen LogP contribution in [0.4, 0.5) is 0 Å². The Labute approximate surface area is 103 Å². The van der Waals surface area contributed by atoms with E-state index in [1.165, 1.54) is 0 Å². The van der Waals surface area contributed by atoms with Gasteiger partial charge in [-0.1, -0.05) is 0 Å². The van der Waals surface area contributed by atoms with Crippen molar-refractivity contribution in [1.29, 1.82) is 0 Å². The van der Waals surface area contributed by atoms with E-state index in [4.69, 9.17) is 16.2 Å². The minimum Gasteiger partial charge on any atom is -0.508 e. The van der Waals surface area contributed by atoms with Gasteiger partial charge >= 0.3 is 0 Å². The predicted molar refractivity (Wildman–Crippen MR) is 69.1 cm³/mol. The molecule has 96 valence electrons. The molecule has 0 amide bonds. The summed E-state index contributed by atoms with van der Waals surface area (Å²) in [7, 11) is 0. The zero-order valence-electron chi connectivity index (χ0n) is 10.7. The molecule has 0 radical (unpaired) electrons. The third-order valence-corrected chi connectivity index (χ3v) is 2.30. The van der Waals surface area contributed by atoms with Crippen molar-refractivity contribution in [1.82, 2.24) is 0 Å². The lowest BCUT2D eigenvalue weighted by atomic mass is 10.0. The summed E-state index contributed by atoms with van der Waals surface area (Å²) in [5.74, 6) is 0.894. The van der Waals surface area contributed by atoms with E-state index in [9.17, 15) is 5.11 Å². The number of hydrogen-bond donors (Lipinski definition) is 3. The highest BCUT2D eigenvalue weighted by molar-refractivity contribution is 5.41. The Hall–Kier alpha value is -1.26. The molecule has 1 rings (SSSR count). The summed E-state index contributed by atoms with van der Waals surface area (Å²) < 4.78 is 5.73. The fourth-order valence-electron chi connectivity index (χ4n) is 1.58. The maximum Gasteiger partial charge on any atom is 0.120 e. The molecular weight excluding hydrogens is 216 g/mol. The third kappa shape index (κ3) is 4.24. The van der Waals surface area contributed by atoms with Crippen molar-refractivity contribution in [3.05, 3.63) is 23.8 Å². The number of nitrogens with two attached hydrogens (primary N) is 2. The van der Waals surface area contributed by atoms with Crippen LogP contribution in [-0.2, 0) is 0 Å². The van der Waals surface area contributed by atoms with Crippen LogP contribution in [0.15, 0.2) is 18.2 Å². The average molecular weight is 238 g/mol. The van der Waals surface area contributed by atoms with Gasteiger partial charge in [0.05, 0.1) is 0 Å². The Bertz CT molecular complexity index is 372.